The Hall–Kier alpha value is -1.75. The minimum atomic E-state index is 0.344. The Morgan fingerprint density at radius 1 is 1.33 bits per heavy atom. The minimum absolute atomic E-state index is 0.344. The van der Waals surface area contributed by atoms with Gasteiger partial charge in [-0.1, -0.05) is 31.9 Å². The second-order valence-corrected chi connectivity index (χ2v) is 6.21. The van der Waals surface area contributed by atoms with Gasteiger partial charge in [-0.15, -0.1) is 5.10 Å². The van der Waals surface area contributed by atoms with Crippen molar-refractivity contribution in [1.29, 1.82) is 0 Å². The van der Waals surface area contributed by atoms with Gasteiger partial charge >= 0.3 is 0 Å². The summed E-state index contributed by atoms with van der Waals surface area (Å²) in [6, 6.07) is 9.39. The molecule has 112 valence electrons. The standard InChI is InChI=1S/C16H23N5/c1-12-5-3-7-15(9-12)18-13(2)14-6-4-8-16(10-14)21-11-17-19-20-21/h4,6,8,10-13,15,18H,3,5,7,9H2,1-2H3. The fourth-order valence-electron chi connectivity index (χ4n) is 3.25. The number of nitrogens with one attached hydrogen (secondary N) is 1. The molecule has 1 aromatic heterocycles. The highest BCUT2D eigenvalue weighted by molar-refractivity contribution is 5.35. The van der Waals surface area contributed by atoms with E-state index in [1.165, 1.54) is 31.2 Å². The lowest BCUT2D eigenvalue weighted by Crippen LogP contribution is -2.35. The number of hydrogen-bond donors (Lipinski definition) is 1. The molecule has 0 saturated heterocycles. The summed E-state index contributed by atoms with van der Waals surface area (Å²) in [6.07, 6.45) is 6.93. The van der Waals surface area contributed by atoms with E-state index < -0.39 is 0 Å². The van der Waals surface area contributed by atoms with Crippen LogP contribution < -0.4 is 5.32 Å². The highest BCUT2D eigenvalue weighted by Gasteiger charge is 2.20. The zero-order chi connectivity index (χ0) is 14.7. The summed E-state index contributed by atoms with van der Waals surface area (Å²) in [5.74, 6) is 0.844. The van der Waals surface area contributed by atoms with Gasteiger partial charge < -0.3 is 5.32 Å². The molecule has 0 bridgehead atoms. The monoisotopic (exact) mass is 285 g/mol. The molecular weight excluding hydrogens is 262 g/mol. The molecule has 5 heteroatoms. The van der Waals surface area contributed by atoms with Crippen LogP contribution in [0.5, 0.6) is 0 Å². The van der Waals surface area contributed by atoms with Gasteiger partial charge in [-0.3, -0.25) is 0 Å². The summed E-state index contributed by atoms with van der Waals surface area (Å²) in [6.45, 7) is 4.59. The Morgan fingerprint density at radius 3 is 3.00 bits per heavy atom. The maximum Gasteiger partial charge on any atom is 0.143 e. The van der Waals surface area contributed by atoms with Crippen LogP contribution in [0, 0.1) is 5.92 Å². The fourth-order valence-corrected chi connectivity index (χ4v) is 3.25. The Bertz CT molecular complexity index is 566. The molecule has 0 aliphatic heterocycles. The molecule has 3 atom stereocenters. The summed E-state index contributed by atoms with van der Waals surface area (Å²) in [5, 5.41) is 15.1. The zero-order valence-corrected chi connectivity index (χ0v) is 12.7. The van der Waals surface area contributed by atoms with Gasteiger partial charge in [-0.25, -0.2) is 4.68 Å². The van der Waals surface area contributed by atoms with E-state index in [0.717, 1.165) is 11.6 Å². The number of benzene rings is 1. The van der Waals surface area contributed by atoms with Crippen molar-refractivity contribution in [1.82, 2.24) is 25.5 Å². The Balaban J connectivity index is 1.69. The lowest BCUT2D eigenvalue weighted by molar-refractivity contribution is 0.285. The van der Waals surface area contributed by atoms with Gasteiger partial charge in [0.05, 0.1) is 5.69 Å². The molecule has 0 amide bonds. The molecule has 1 saturated carbocycles. The normalized spacial score (nSPS) is 23.9. The number of aromatic nitrogens is 4. The average Bonchev–Trinajstić information content (AvgIpc) is 3.02. The van der Waals surface area contributed by atoms with Crippen molar-refractivity contribution in [3.8, 4) is 5.69 Å². The van der Waals surface area contributed by atoms with Crippen molar-refractivity contribution in [2.75, 3.05) is 0 Å². The van der Waals surface area contributed by atoms with Crippen LogP contribution in [-0.4, -0.2) is 26.2 Å². The predicted molar refractivity (Wildman–Crippen MR) is 82.1 cm³/mol. The molecule has 1 aromatic carbocycles. The number of nitrogens with zero attached hydrogens (tertiary/aromatic N) is 4. The summed E-state index contributed by atoms with van der Waals surface area (Å²) in [4.78, 5) is 0. The van der Waals surface area contributed by atoms with E-state index in [0.29, 0.717) is 12.1 Å². The zero-order valence-electron chi connectivity index (χ0n) is 12.7. The second-order valence-electron chi connectivity index (χ2n) is 6.21. The SMILES string of the molecule is CC1CCCC(NC(C)c2cccc(-n3cnnn3)c2)C1. The predicted octanol–water partition coefficient (Wildman–Crippen LogP) is 2.89. The van der Waals surface area contributed by atoms with E-state index in [9.17, 15) is 0 Å². The third kappa shape index (κ3) is 3.47. The van der Waals surface area contributed by atoms with Crippen LogP contribution in [0.3, 0.4) is 0 Å². The number of hydrogen-bond acceptors (Lipinski definition) is 4. The van der Waals surface area contributed by atoms with E-state index in [1.807, 2.05) is 6.07 Å². The summed E-state index contributed by atoms with van der Waals surface area (Å²) >= 11 is 0. The molecule has 0 radical (unpaired) electrons. The summed E-state index contributed by atoms with van der Waals surface area (Å²) in [7, 11) is 0. The van der Waals surface area contributed by atoms with Crippen LogP contribution in [0.4, 0.5) is 0 Å². The van der Waals surface area contributed by atoms with Crippen molar-refractivity contribution in [3.63, 3.8) is 0 Å². The first kappa shape index (κ1) is 14.2. The van der Waals surface area contributed by atoms with Crippen LogP contribution in [0.15, 0.2) is 30.6 Å². The summed E-state index contributed by atoms with van der Waals surface area (Å²) < 4.78 is 1.69. The van der Waals surface area contributed by atoms with Crippen LogP contribution in [0.2, 0.25) is 0 Å². The van der Waals surface area contributed by atoms with Gasteiger partial charge in [0, 0.05) is 12.1 Å². The molecule has 1 N–H and O–H groups in total. The second kappa shape index (κ2) is 6.35. The van der Waals surface area contributed by atoms with Crippen LogP contribution >= 0.6 is 0 Å². The smallest absolute Gasteiger partial charge is 0.143 e. The molecule has 1 fully saturated rings. The van der Waals surface area contributed by atoms with E-state index in [-0.39, 0.29) is 0 Å². The maximum absolute atomic E-state index is 3.95. The molecular formula is C16H23N5. The van der Waals surface area contributed by atoms with Crippen LogP contribution in [0.1, 0.15) is 51.1 Å². The van der Waals surface area contributed by atoms with Gasteiger partial charge in [0.25, 0.3) is 0 Å². The van der Waals surface area contributed by atoms with Crippen molar-refractivity contribution >= 4 is 0 Å². The molecule has 1 aliphatic rings. The van der Waals surface area contributed by atoms with Crippen molar-refractivity contribution < 1.29 is 0 Å². The molecule has 2 aromatic rings. The van der Waals surface area contributed by atoms with Gasteiger partial charge in [0.2, 0.25) is 0 Å². The minimum Gasteiger partial charge on any atom is -0.307 e. The fraction of sp³-hybridized carbons (Fsp3) is 0.562. The molecule has 21 heavy (non-hydrogen) atoms. The van der Waals surface area contributed by atoms with Crippen LogP contribution in [0.25, 0.3) is 5.69 Å². The molecule has 3 rings (SSSR count). The molecule has 1 aliphatic carbocycles. The highest BCUT2D eigenvalue weighted by atomic mass is 15.5. The molecule has 5 nitrogen and oxygen atoms in total. The lowest BCUT2D eigenvalue weighted by atomic mass is 9.86. The lowest BCUT2D eigenvalue weighted by Gasteiger charge is -2.30. The first-order valence-electron chi connectivity index (χ1n) is 7.82. The summed E-state index contributed by atoms with van der Waals surface area (Å²) in [5.41, 5.74) is 2.28. The quantitative estimate of drug-likeness (QED) is 0.938. The number of tetrazole rings is 1. The molecule has 0 spiro atoms. The van der Waals surface area contributed by atoms with Crippen molar-refractivity contribution in [2.24, 2.45) is 5.92 Å². The molecule has 1 heterocycles. The van der Waals surface area contributed by atoms with E-state index in [2.05, 4.69) is 52.9 Å². The van der Waals surface area contributed by atoms with Gasteiger partial charge in [0.15, 0.2) is 0 Å². The van der Waals surface area contributed by atoms with E-state index >= 15 is 0 Å². The van der Waals surface area contributed by atoms with E-state index in [1.54, 1.807) is 11.0 Å². The van der Waals surface area contributed by atoms with Gasteiger partial charge in [-0.2, -0.15) is 0 Å². The largest absolute Gasteiger partial charge is 0.307 e. The van der Waals surface area contributed by atoms with Crippen molar-refractivity contribution in [2.45, 2.75) is 51.6 Å². The highest BCUT2D eigenvalue weighted by Crippen LogP contribution is 2.26. The van der Waals surface area contributed by atoms with Crippen LogP contribution in [-0.2, 0) is 0 Å². The third-order valence-electron chi connectivity index (χ3n) is 4.41. The van der Waals surface area contributed by atoms with Crippen molar-refractivity contribution in [3.05, 3.63) is 36.2 Å². The maximum atomic E-state index is 3.95. The Kier molecular flexibility index (Phi) is 4.29. The Labute approximate surface area is 125 Å². The molecule has 3 unspecified atom stereocenters. The topological polar surface area (TPSA) is 55.6 Å². The van der Waals surface area contributed by atoms with E-state index in [4.69, 9.17) is 0 Å². The Morgan fingerprint density at radius 2 is 2.24 bits per heavy atom. The first-order chi connectivity index (χ1) is 10.2. The third-order valence-corrected chi connectivity index (χ3v) is 4.41. The number of rotatable bonds is 4. The van der Waals surface area contributed by atoms with Gasteiger partial charge in [0.1, 0.15) is 6.33 Å². The first-order valence-corrected chi connectivity index (χ1v) is 7.82. The van der Waals surface area contributed by atoms with Gasteiger partial charge in [-0.05, 0) is 53.8 Å². The average molecular weight is 285 g/mol.